The number of aromatic nitrogens is 2. The predicted octanol–water partition coefficient (Wildman–Crippen LogP) is 0.459. The molecule has 1 heterocycles. The van der Waals surface area contributed by atoms with Crippen molar-refractivity contribution in [3.05, 3.63) is 34.3 Å². The molecule has 0 unspecified atom stereocenters. The van der Waals surface area contributed by atoms with E-state index in [0.29, 0.717) is 6.07 Å². The average Bonchev–Trinajstić information content (AvgIpc) is 2.35. The van der Waals surface area contributed by atoms with Gasteiger partial charge < -0.3 is 15.2 Å². The largest absolute Gasteiger partial charge is 0.710 e. The van der Waals surface area contributed by atoms with Crippen LogP contribution in [0.2, 0.25) is 0 Å². The molecule has 0 radical (unpaired) electrons. The topological polar surface area (TPSA) is 113 Å². The van der Waals surface area contributed by atoms with E-state index in [4.69, 9.17) is 11.0 Å². The lowest BCUT2D eigenvalue weighted by Gasteiger charge is -2.12. The van der Waals surface area contributed by atoms with Gasteiger partial charge in [-0.05, 0) is 12.1 Å². The van der Waals surface area contributed by atoms with Crippen LogP contribution in [0.1, 0.15) is 5.69 Å². The van der Waals surface area contributed by atoms with Crippen LogP contribution < -0.4 is 19.9 Å². The maximum absolute atomic E-state index is 12.1. The molecule has 0 bridgehead atoms. The molecule has 0 saturated heterocycles. The highest BCUT2D eigenvalue weighted by molar-refractivity contribution is 5.71. The van der Waals surface area contributed by atoms with E-state index in [1.807, 2.05) is 0 Å². The van der Waals surface area contributed by atoms with Gasteiger partial charge in [0.15, 0.2) is 6.07 Å². The van der Waals surface area contributed by atoms with Crippen molar-refractivity contribution in [2.75, 3.05) is 5.73 Å². The minimum absolute atomic E-state index is 0.0255. The molecule has 0 saturated carbocycles. The first-order valence-corrected chi connectivity index (χ1v) is 4.99. The number of nitrogens with two attached hydrogens (primary N) is 1. The number of hydrogen-bond donors (Lipinski definition) is 1. The third-order valence-corrected chi connectivity index (χ3v) is 2.39. The van der Waals surface area contributed by atoms with Gasteiger partial charge in [-0.2, -0.15) is 5.26 Å². The Morgan fingerprint density at radius 2 is 1.85 bits per heavy atom. The molecule has 0 fully saturated rings. The normalized spacial score (nSPS) is 11.3. The van der Waals surface area contributed by atoms with Crippen molar-refractivity contribution in [2.24, 2.45) is 0 Å². The first kappa shape index (κ1) is 13.5. The first-order valence-electron chi connectivity index (χ1n) is 4.99. The van der Waals surface area contributed by atoms with E-state index in [0.717, 1.165) is 12.1 Å². The Balaban J connectivity index is 2.72. The van der Waals surface area contributed by atoms with E-state index in [1.54, 1.807) is 0 Å². The summed E-state index contributed by atoms with van der Waals surface area (Å²) in [7, 11) is 0. The van der Waals surface area contributed by atoms with Crippen molar-refractivity contribution >= 4 is 16.9 Å². The Morgan fingerprint density at radius 3 is 2.40 bits per heavy atom. The average molecular weight is 286 g/mol. The fraction of sp³-hybridized carbons (Fsp3) is 0.100. The molecule has 2 N–H and O–H groups in total. The lowest BCUT2D eigenvalue weighted by molar-refractivity contribution is -0.620. The fourth-order valence-electron chi connectivity index (χ4n) is 1.59. The molecule has 20 heavy (non-hydrogen) atoms. The second-order valence-corrected chi connectivity index (χ2v) is 3.63. The molecule has 104 valence electrons. The van der Waals surface area contributed by atoms with Crippen LogP contribution in [0.3, 0.4) is 0 Å². The summed E-state index contributed by atoms with van der Waals surface area (Å²) in [6.45, 7) is 0. The third kappa shape index (κ3) is 2.16. The molecule has 2 rings (SSSR count). The molecule has 0 aliphatic heterocycles. The van der Waals surface area contributed by atoms with Crippen LogP contribution in [-0.2, 0) is 0 Å². The second kappa shape index (κ2) is 4.30. The van der Waals surface area contributed by atoms with Gasteiger partial charge in [0.2, 0.25) is 5.52 Å². The molecule has 2 aromatic rings. The zero-order valence-corrected chi connectivity index (χ0v) is 9.51. The molecule has 10 heteroatoms. The molecule has 0 spiro atoms. The van der Waals surface area contributed by atoms with Crippen LogP contribution in [-0.4, -0.2) is 6.36 Å². The Kier molecular flexibility index (Phi) is 2.90. The number of nitrogen functional groups attached to an aromatic ring is 1. The molecular weight excluding hydrogens is 281 g/mol. The standard InChI is InChI=1S/C10H5F3N4O3/c11-10(12,13)20-5-1-2-6-7(3-5)16(18)8(4-14)9(15)17(6)19/h1-3H,15H2. The number of alkyl halides is 3. The van der Waals surface area contributed by atoms with Gasteiger partial charge in [-0.1, -0.05) is 0 Å². The molecular formula is C10H5F3N4O3. The van der Waals surface area contributed by atoms with Crippen LogP contribution in [0.25, 0.3) is 11.0 Å². The Bertz CT molecular complexity index is 739. The summed E-state index contributed by atoms with van der Waals surface area (Å²) in [5, 5.41) is 32.2. The van der Waals surface area contributed by atoms with Gasteiger partial charge in [0.25, 0.3) is 5.52 Å². The zero-order valence-electron chi connectivity index (χ0n) is 9.51. The minimum atomic E-state index is -4.94. The van der Waals surface area contributed by atoms with Crippen molar-refractivity contribution < 1.29 is 27.4 Å². The number of benzene rings is 1. The van der Waals surface area contributed by atoms with Crippen molar-refractivity contribution in [3.8, 4) is 11.8 Å². The van der Waals surface area contributed by atoms with Crippen molar-refractivity contribution in [3.63, 3.8) is 0 Å². The van der Waals surface area contributed by atoms with Crippen LogP contribution >= 0.6 is 0 Å². The molecule has 7 nitrogen and oxygen atoms in total. The lowest BCUT2D eigenvalue weighted by Crippen LogP contribution is -2.43. The van der Waals surface area contributed by atoms with E-state index in [-0.39, 0.29) is 15.0 Å². The molecule has 1 aromatic carbocycles. The monoisotopic (exact) mass is 286 g/mol. The number of halogens is 3. The molecule has 0 amide bonds. The van der Waals surface area contributed by atoms with Gasteiger partial charge in [0.05, 0.1) is 6.07 Å². The molecule has 0 aliphatic carbocycles. The van der Waals surface area contributed by atoms with E-state index < -0.39 is 29.1 Å². The van der Waals surface area contributed by atoms with E-state index in [1.165, 1.54) is 6.07 Å². The quantitative estimate of drug-likeness (QED) is 0.604. The van der Waals surface area contributed by atoms with Crippen molar-refractivity contribution in [1.82, 2.24) is 0 Å². The summed E-state index contributed by atoms with van der Waals surface area (Å²) in [6.07, 6.45) is -4.94. The second-order valence-electron chi connectivity index (χ2n) is 3.63. The third-order valence-electron chi connectivity index (χ3n) is 2.39. The number of ether oxygens (including phenoxy) is 1. The Labute approximate surface area is 109 Å². The number of anilines is 1. The van der Waals surface area contributed by atoms with Gasteiger partial charge >= 0.3 is 17.9 Å². The number of fused-ring (bicyclic) bond motifs is 1. The Morgan fingerprint density at radius 1 is 1.20 bits per heavy atom. The highest BCUT2D eigenvalue weighted by Gasteiger charge is 2.32. The highest BCUT2D eigenvalue weighted by Crippen LogP contribution is 2.24. The van der Waals surface area contributed by atoms with Crippen LogP contribution in [0.5, 0.6) is 5.75 Å². The summed E-state index contributed by atoms with van der Waals surface area (Å²) in [5.41, 5.74) is 3.83. The maximum Gasteiger partial charge on any atom is 0.573 e. The van der Waals surface area contributed by atoms with E-state index in [9.17, 15) is 23.6 Å². The number of rotatable bonds is 1. The lowest BCUT2D eigenvalue weighted by atomic mass is 10.2. The summed E-state index contributed by atoms with van der Waals surface area (Å²) < 4.78 is 39.9. The smallest absolute Gasteiger partial charge is 0.573 e. The molecule has 0 aliphatic rings. The summed E-state index contributed by atoms with van der Waals surface area (Å²) in [4.78, 5) is 0. The Hall–Kier alpha value is -2.96. The summed E-state index contributed by atoms with van der Waals surface area (Å²) in [6, 6.07) is 3.90. The molecule has 1 aromatic heterocycles. The van der Waals surface area contributed by atoms with Crippen LogP contribution in [0, 0.1) is 21.7 Å². The first-order chi connectivity index (χ1) is 9.24. The number of hydrogen-bond acceptors (Lipinski definition) is 5. The number of nitrogens with zero attached hydrogens (tertiary/aromatic N) is 3. The van der Waals surface area contributed by atoms with Crippen molar-refractivity contribution in [2.45, 2.75) is 6.36 Å². The molecule has 0 atom stereocenters. The minimum Gasteiger partial charge on any atom is -0.710 e. The van der Waals surface area contributed by atoms with Gasteiger partial charge in [-0.3, -0.25) is 5.73 Å². The van der Waals surface area contributed by atoms with Crippen LogP contribution in [0.15, 0.2) is 18.2 Å². The predicted molar refractivity (Wildman–Crippen MR) is 57.7 cm³/mol. The SMILES string of the molecule is N#Cc1c(N)[n+]([O-])c2ccc(OC(F)(F)F)cc2[n+]1[O-]. The fourth-order valence-corrected chi connectivity index (χ4v) is 1.59. The summed E-state index contributed by atoms with van der Waals surface area (Å²) in [5.74, 6) is -1.33. The van der Waals surface area contributed by atoms with Crippen molar-refractivity contribution in [1.29, 1.82) is 5.26 Å². The van der Waals surface area contributed by atoms with Crippen LogP contribution in [0.4, 0.5) is 19.0 Å². The van der Waals surface area contributed by atoms with E-state index >= 15 is 0 Å². The van der Waals surface area contributed by atoms with Gasteiger partial charge in [0.1, 0.15) is 5.75 Å². The highest BCUT2D eigenvalue weighted by atomic mass is 19.4. The zero-order chi connectivity index (χ0) is 15.1. The maximum atomic E-state index is 12.1. The van der Waals surface area contributed by atoms with E-state index in [2.05, 4.69) is 4.74 Å². The van der Waals surface area contributed by atoms with Gasteiger partial charge in [-0.15, -0.1) is 17.9 Å². The summed E-state index contributed by atoms with van der Waals surface area (Å²) >= 11 is 0. The van der Waals surface area contributed by atoms with Gasteiger partial charge in [0, 0.05) is 0 Å². The van der Waals surface area contributed by atoms with Gasteiger partial charge in [-0.25, -0.2) is 4.73 Å². The number of nitriles is 1.